The molecule has 1 aliphatic rings. The van der Waals surface area contributed by atoms with Gasteiger partial charge >= 0.3 is 0 Å². The van der Waals surface area contributed by atoms with Crippen molar-refractivity contribution in [1.82, 2.24) is 5.32 Å². The van der Waals surface area contributed by atoms with Gasteiger partial charge in [-0.25, -0.2) is 0 Å². The summed E-state index contributed by atoms with van der Waals surface area (Å²) >= 11 is 4.01. The first-order valence-corrected chi connectivity index (χ1v) is 7.57. The van der Waals surface area contributed by atoms with E-state index in [1.54, 1.807) is 0 Å². The van der Waals surface area contributed by atoms with Crippen LogP contribution in [0.3, 0.4) is 0 Å². The molecule has 1 fully saturated rings. The smallest absolute Gasteiger partial charge is 0.0216 e. The first kappa shape index (κ1) is 11.5. The van der Waals surface area contributed by atoms with E-state index in [4.69, 9.17) is 0 Å². The fourth-order valence-electron chi connectivity index (χ4n) is 2.01. The lowest BCUT2D eigenvalue weighted by Gasteiger charge is -2.09. The van der Waals surface area contributed by atoms with Crippen molar-refractivity contribution in [3.05, 3.63) is 21.4 Å². The second kappa shape index (κ2) is 5.37. The average Bonchev–Trinajstić information content (AvgIpc) is 2.77. The first-order chi connectivity index (χ1) is 7.25. The van der Waals surface area contributed by atoms with Crippen LogP contribution in [-0.4, -0.2) is 18.1 Å². The summed E-state index contributed by atoms with van der Waals surface area (Å²) in [6.45, 7) is 6.66. The maximum Gasteiger partial charge on any atom is 0.0216 e. The number of hydrogen-bond acceptors (Lipinski definition) is 3. The van der Waals surface area contributed by atoms with E-state index in [1.807, 2.05) is 11.3 Å². The number of thiophene rings is 1. The highest BCUT2D eigenvalue weighted by Crippen LogP contribution is 2.23. The number of thioether (sulfide) groups is 1. The maximum atomic E-state index is 3.59. The summed E-state index contributed by atoms with van der Waals surface area (Å²) in [4.78, 5) is 2.90. The standard InChI is InChI=1S/C12H19NS2/c1-9-5-12(10(2)15-9)7-13-6-11-3-4-14-8-11/h5,11,13H,3-4,6-8H2,1-2H3. The van der Waals surface area contributed by atoms with Gasteiger partial charge in [-0.15, -0.1) is 11.3 Å². The molecule has 1 aromatic heterocycles. The maximum absolute atomic E-state index is 3.59. The summed E-state index contributed by atoms with van der Waals surface area (Å²) in [5.41, 5.74) is 1.49. The second-order valence-electron chi connectivity index (χ2n) is 4.30. The Morgan fingerprint density at radius 1 is 1.47 bits per heavy atom. The van der Waals surface area contributed by atoms with E-state index in [0.29, 0.717) is 0 Å². The van der Waals surface area contributed by atoms with Crippen LogP contribution in [0.15, 0.2) is 6.07 Å². The zero-order valence-corrected chi connectivity index (χ0v) is 11.1. The van der Waals surface area contributed by atoms with Crippen LogP contribution in [0.25, 0.3) is 0 Å². The Morgan fingerprint density at radius 3 is 2.93 bits per heavy atom. The first-order valence-electron chi connectivity index (χ1n) is 5.60. The Hall–Kier alpha value is 0.01000. The van der Waals surface area contributed by atoms with Crippen LogP contribution in [0, 0.1) is 19.8 Å². The molecule has 3 heteroatoms. The van der Waals surface area contributed by atoms with Crippen molar-refractivity contribution in [2.75, 3.05) is 18.1 Å². The summed E-state index contributed by atoms with van der Waals surface area (Å²) in [7, 11) is 0. The van der Waals surface area contributed by atoms with Gasteiger partial charge in [0.2, 0.25) is 0 Å². The van der Waals surface area contributed by atoms with E-state index in [1.165, 1.54) is 39.8 Å². The van der Waals surface area contributed by atoms with Crippen LogP contribution in [0.5, 0.6) is 0 Å². The van der Waals surface area contributed by atoms with E-state index in [9.17, 15) is 0 Å². The molecule has 0 aliphatic carbocycles. The third-order valence-electron chi connectivity index (χ3n) is 2.92. The molecule has 2 heterocycles. The topological polar surface area (TPSA) is 12.0 Å². The molecule has 15 heavy (non-hydrogen) atoms. The molecule has 1 N–H and O–H groups in total. The number of hydrogen-bond donors (Lipinski definition) is 1. The molecule has 0 radical (unpaired) electrons. The predicted octanol–water partition coefficient (Wildman–Crippen LogP) is 3.21. The van der Waals surface area contributed by atoms with Gasteiger partial charge in [-0.1, -0.05) is 0 Å². The quantitative estimate of drug-likeness (QED) is 0.869. The van der Waals surface area contributed by atoms with Crippen molar-refractivity contribution in [3.8, 4) is 0 Å². The molecule has 84 valence electrons. The zero-order chi connectivity index (χ0) is 10.7. The Bertz CT molecular complexity index is 313. The lowest BCUT2D eigenvalue weighted by Crippen LogP contribution is -2.22. The largest absolute Gasteiger partial charge is 0.312 e. The van der Waals surface area contributed by atoms with E-state index in [0.717, 1.165) is 12.5 Å². The van der Waals surface area contributed by atoms with Crippen molar-refractivity contribution in [2.24, 2.45) is 5.92 Å². The van der Waals surface area contributed by atoms with E-state index >= 15 is 0 Å². The van der Waals surface area contributed by atoms with Crippen molar-refractivity contribution >= 4 is 23.1 Å². The Labute approximate surface area is 101 Å². The van der Waals surface area contributed by atoms with Crippen LogP contribution >= 0.6 is 23.1 Å². The molecule has 2 rings (SSSR count). The van der Waals surface area contributed by atoms with Crippen molar-refractivity contribution in [2.45, 2.75) is 26.8 Å². The molecule has 1 aliphatic heterocycles. The molecule has 1 saturated heterocycles. The highest BCUT2D eigenvalue weighted by Gasteiger charge is 2.14. The van der Waals surface area contributed by atoms with Gasteiger partial charge in [-0.05, 0) is 55.9 Å². The number of aryl methyl sites for hydroxylation is 2. The molecule has 0 aromatic carbocycles. The fraction of sp³-hybridized carbons (Fsp3) is 0.667. The summed E-state index contributed by atoms with van der Waals surface area (Å²) in [6.07, 6.45) is 1.40. The Morgan fingerprint density at radius 2 is 2.33 bits per heavy atom. The average molecular weight is 241 g/mol. The fourth-order valence-corrected chi connectivity index (χ4v) is 4.25. The van der Waals surface area contributed by atoms with Gasteiger partial charge in [-0.2, -0.15) is 11.8 Å². The summed E-state index contributed by atoms with van der Waals surface area (Å²) in [5, 5.41) is 3.59. The van der Waals surface area contributed by atoms with Crippen LogP contribution in [0.1, 0.15) is 21.7 Å². The summed E-state index contributed by atoms with van der Waals surface area (Å²) < 4.78 is 0. The minimum atomic E-state index is 0.912. The summed E-state index contributed by atoms with van der Waals surface area (Å²) in [6, 6.07) is 2.32. The van der Waals surface area contributed by atoms with Gasteiger partial charge in [0.25, 0.3) is 0 Å². The van der Waals surface area contributed by atoms with Crippen LogP contribution < -0.4 is 5.32 Å². The molecule has 1 atom stereocenters. The molecular formula is C12H19NS2. The SMILES string of the molecule is Cc1cc(CNCC2CCSC2)c(C)s1. The monoisotopic (exact) mass is 241 g/mol. The minimum Gasteiger partial charge on any atom is -0.312 e. The third-order valence-corrected chi connectivity index (χ3v) is 5.16. The van der Waals surface area contributed by atoms with Crippen LogP contribution in [-0.2, 0) is 6.54 Å². The minimum absolute atomic E-state index is 0.912. The molecule has 1 unspecified atom stereocenters. The molecule has 1 aromatic rings. The number of rotatable bonds is 4. The van der Waals surface area contributed by atoms with Gasteiger partial charge in [0.15, 0.2) is 0 Å². The van der Waals surface area contributed by atoms with Crippen LogP contribution in [0.4, 0.5) is 0 Å². The molecule has 1 nitrogen and oxygen atoms in total. The van der Waals surface area contributed by atoms with E-state index < -0.39 is 0 Å². The Kier molecular flexibility index (Phi) is 4.12. The highest BCUT2D eigenvalue weighted by atomic mass is 32.2. The molecular weight excluding hydrogens is 222 g/mol. The normalized spacial score (nSPS) is 21.1. The van der Waals surface area contributed by atoms with Crippen LogP contribution in [0.2, 0.25) is 0 Å². The van der Waals surface area contributed by atoms with Gasteiger partial charge < -0.3 is 5.32 Å². The van der Waals surface area contributed by atoms with Crippen molar-refractivity contribution < 1.29 is 0 Å². The number of nitrogens with one attached hydrogen (secondary N) is 1. The third kappa shape index (κ3) is 3.23. The summed E-state index contributed by atoms with van der Waals surface area (Å²) in [5.74, 6) is 3.63. The molecule has 0 saturated carbocycles. The molecule has 0 bridgehead atoms. The molecule has 0 spiro atoms. The zero-order valence-electron chi connectivity index (χ0n) is 9.51. The Balaban J connectivity index is 1.75. The second-order valence-corrected chi connectivity index (χ2v) is 6.91. The van der Waals surface area contributed by atoms with Crippen molar-refractivity contribution in [3.63, 3.8) is 0 Å². The lowest BCUT2D eigenvalue weighted by molar-refractivity contribution is 0.523. The lowest BCUT2D eigenvalue weighted by atomic mass is 10.1. The predicted molar refractivity (Wildman–Crippen MR) is 70.9 cm³/mol. The van der Waals surface area contributed by atoms with Gasteiger partial charge in [-0.3, -0.25) is 0 Å². The molecule has 0 amide bonds. The van der Waals surface area contributed by atoms with E-state index in [-0.39, 0.29) is 0 Å². The highest BCUT2D eigenvalue weighted by molar-refractivity contribution is 7.99. The van der Waals surface area contributed by atoms with Gasteiger partial charge in [0.1, 0.15) is 0 Å². The van der Waals surface area contributed by atoms with Crippen molar-refractivity contribution in [1.29, 1.82) is 0 Å². The van der Waals surface area contributed by atoms with Gasteiger partial charge in [0, 0.05) is 16.3 Å². The van der Waals surface area contributed by atoms with E-state index in [2.05, 4.69) is 37.0 Å². The van der Waals surface area contributed by atoms with Gasteiger partial charge in [0.05, 0.1) is 0 Å².